The minimum atomic E-state index is -0.189. The van der Waals surface area contributed by atoms with Crippen molar-refractivity contribution >= 4 is 0 Å². The highest BCUT2D eigenvalue weighted by Gasteiger charge is 2.05. The van der Waals surface area contributed by atoms with E-state index in [1.54, 1.807) is 7.05 Å². The van der Waals surface area contributed by atoms with Crippen molar-refractivity contribution in [1.82, 2.24) is 5.32 Å². The minimum Gasteiger partial charge on any atom is -0.301 e. The molecule has 2 nitrogen and oxygen atoms in total. The molecular formula is C11H14N2. The molecule has 0 aliphatic rings. The topological polar surface area (TPSA) is 35.8 Å². The van der Waals surface area contributed by atoms with E-state index < -0.39 is 0 Å². The van der Waals surface area contributed by atoms with Crippen LogP contribution in [-0.4, -0.2) is 7.05 Å². The first-order valence-corrected chi connectivity index (χ1v) is 4.47. The maximum absolute atomic E-state index is 8.79. The lowest BCUT2D eigenvalue weighted by Gasteiger charge is -2.07. The summed E-state index contributed by atoms with van der Waals surface area (Å²) in [4.78, 5) is 0. The van der Waals surface area contributed by atoms with Gasteiger partial charge in [0, 0.05) is 0 Å². The van der Waals surface area contributed by atoms with Crippen LogP contribution in [0.3, 0.4) is 0 Å². The number of nitrogens with zero attached hydrogens (tertiary/aromatic N) is 1. The number of hydrogen-bond donors (Lipinski definition) is 1. The molecule has 0 aliphatic carbocycles. The summed E-state index contributed by atoms with van der Waals surface area (Å²) in [5.74, 6) is 0. The van der Waals surface area contributed by atoms with Gasteiger partial charge in [-0.3, -0.25) is 0 Å². The number of benzene rings is 1. The average Bonchev–Trinajstić information content (AvgIpc) is 2.21. The molecule has 1 N–H and O–H groups in total. The van der Waals surface area contributed by atoms with Gasteiger partial charge in [0.15, 0.2) is 0 Å². The van der Waals surface area contributed by atoms with Crippen LogP contribution < -0.4 is 5.32 Å². The third-order valence-corrected chi connectivity index (χ3v) is 2.14. The van der Waals surface area contributed by atoms with E-state index in [0.717, 1.165) is 12.0 Å². The monoisotopic (exact) mass is 174 g/mol. The molecule has 0 fully saturated rings. The molecule has 0 bridgehead atoms. The standard InChI is InChI=1S/C11H14N2/c1-3-9-4-6-10(7-5-9)11(8-12)13-2/h4-7,11,13H,3H2,1-2H3. The molecular weight excluding hydrogens is 160 g/mol. The molecule has 1 aromatic rings. The van der Waals surface area contributed by atoms with E-state index >= 15 is 0 Å². The first-order chi connectivity index (χ1) is 6.31. The van der Waals surface area contributed by atoms with Gasteiger partial charge >= 0.3 is 0 Å². The summed E-state index contributed by atoms with van der Waals surface area (Å²) in [6, 6.07) is 10.1. The summed E-state index contributed by atoms with van der Waals surface area (Å²) in [6.45, 7) is 2.12. The van der Waals surface area contributed by atoms with Gasteiger partial charge in [-0.05, 0) is 24.6 Å². The van der Waals surface area contributed by atoms with E-state index in [-0.39, 0.29) is 6.04 Å². The fourth-order valence-electron chi connectivity index (χ4n) is 1.25. The second kappa shape index (κ2) is 4.64. The SMILES string of the molecule is CCc1ccc(C(C#N)NC)cc1. The zero-order chi connectivity index (χ0) is 9.68. The Hall–Kier alpha value is -1.33. The van der Waals surface area contributed by atoms with Gasteiger partial charge in [-0.25, -0.2) is 0 Å². The fraction of sp³-hybridized carbons (Fsp3) is 0.364. The molecule has 0 heterocycles. The van der Waals surface area contributed by atoms with Gasteiger partial charge in [-0.15, -0.1) is 0 Å². The molecule has 0 aliphatic heterocycles. The Labute approximate surface area is 79.2 Å². The highest BCUT2D eigenvalue weighted by molar-refractivity contribution is 5.28. The molecule has 2 heteroatoms. The van der Waals surface area contributed by atoms with Crippen LogP contribution >= 0.6 is 0 Å². The number of hydrogen-bond acceptors (Lipinski definition) is 2. The molecule has 13 heavy (non-hydrogen) atoms. The first kappa shape index (κ1) is 9.76. The van der Waals surface area contributed by atoms with Gasteiger partial charge in [-0.2, -0.15) is 5.26 Å². The molecule has 1 aromatic carbocycles. The summed E-state index contributed by atoms with van der Waals surface area (Å²) < 4.78 is 0. The van der Waals surface area contributed by atoms with Crippen molar-refractivity contribution in [2.45, 2.75) is 19.4 Å². The molecule has 1 unspecified atom stereocenters. The predicted octanol–water partition coefficient (Wildman–Crippen LogP) is 2.03. The summed E-state index contributed by atoms with van der Waals surface area (Å²) in [6.07, 6.45) is 1.04. The normalized spacial score (nSPS) is 12.1. The van der Waals surface area contributed by atoms with Crippen LogP contribution in [0, 0.1) is 11.3 Å². The summed E-state index contributed by atoms with van der Waals surface area (Å²) in [7, 11) is 1.79. The molecule has 68 valence electrons. The summed E-state index contributed by atoms with van der Waals surface area (Å²) in [5, 5.41) is 11.7. The van der Waals surface area contributed by atoms with E-state index in [4.69, 9.17) is 5.26 Å². The van der Waals surface area contributed by atoms with Crippen LogP contribution in [0.4, 0.5) is 0 Å². The van der Waals surface area contributed by atoms with Crippen molar-refractivity contribution in [2.24, 2.45) is 0 Å². The molecule has 1 atom stereocenters. The highest BCUT2D eigenvalue weighted by Crippen LogP contribution is 2.12. The summed E-state index contributed by atoms with van der Waals surface area (Å²) in [5.41, 5.74) is 2.33. The Morgan fingerprint density at radius 2 is 2.00 bits per heavy atom. The third-order valence-electron chi connectivity index (χ3n) is 2.14. The van der Waals surface area contributed by atoms with Gasteiger partial charge in [0.1, 0.15) is 6.04 Å². The van der Waals surface area contributed by atoms with Crippen molar-refractivity contribution < 1.29 is 0 Å². The van der Waals surface area contributed by atoms with Gasteiger partial charge in [0.2, 0.25) is 0 Å². The van der Waals surface area contributed by atoms with Crippen molar-refractivity contribution in [3.63, 3.8) is 0 Å². The van der Waals surface area contributed by atoms with Gasteiger partial charge < -0.3 is 5.32 Å². The zero-order valence-corrected chi connectivity index (χ0v) is 8.04. The Balaban J connectivity index is 2.86. The lowest BCUT2D eigenvalue weighted by Crippen LogP contribution is -2.13. The van der Waals surface area contributed by atoms with E-state index in [1.807, 2.05) is 12.1 Å². The van der Waals surface area contributed by atoms with Crippen molar-refractivity contribution in [1.29, 1.82) is 5.26 Å². The lowest BCUT2D eigenvalue weighted by atomic mass is 10.1. The number of rotatable bonds is 3. The Bertz CT molecular complexity index is 295. The second-order valence-corrected chi connectivity index (χ2v) is 2.95. The molecule has 1 rings (SSSR count). The molecule has 0 radical (unpaired) electrons. The number of nitriles is 1. The summed E-state index contributed by atoms with van der Waals surface area (Å²) >= 11 is 0. The van der Waals surface area contributed by atoms with E-state index in [0.29, 0.717) is 0 Å². The van der Waals surface area contributed by atoms with Crippen LogP contribution in [0.15, 0.2) is 24.3 Å². The maximum atomic E-state index is 8.79. The molecule has 0 saturated heterocycles. The first-order valence-electron chi connectivity index (χ1n) is 4.47. The quantitative estimate of drug-likeness (QED) is 0.761. The van der Waals surface area contributed by atoms with E-state index in [1.165, 1.54) is 5.56 Å². The highest BCUT2D eigenvalue weighted by atomic mass is 14.9. The van der Waals surface area contributed by atoms with Gasteiger partial charge in [0.05, 0.1) is 6.07 Å². The van der Waals surface area contributed by atoms with Crippen LogP contribution in [0.25, 0.3) is 0 Å². The smallest absolute Gasteiger partial charge is 0.121 e. The van der Waals surface area contributed by atoms with Crippen LogP contribution in [-0.2, 0) is 6.42 Å². The van der Waals surface area contributed by atoms with Crippen LogP contribution in [0.2, 0.25) is 0 Å². The molecule has 0 amide bonds. The minimum absolute atomic E-state index is 0.189. The number of aryl methyl sites for hydroxylation is 1. The lowest BCUT2D eigenvalue weighted by molar-refractivity contribution is 0.727. The van der Waals surface area contributed by atoms with Crippen molar-refractivity contribution in [3.8, 4) is 6.07 Å². The third kappa shape index (κ3) is 2.30. The van der Waals surface area contributed by atoms with E-state index in [9.17, 15) is 0 Å². The van der Waals surface area contributed by atoms with E-state index in [2.05, 4.69) is 30.4 Å². The van der Waals surface area contributed by atoms with Gasteiger partial charge in [-0.1, -0.05) is 31.2 Å². The fourth-order valence-corrected chi connectivity index (χ4v) is 1.25. The van der Waals surface area contributed by atoms with Crippen molar-refractivity contribution in [3.05, 3.63) is 35.4 Å². The molecule has 0 saturated carbocycles. The maximum Gasteiger partial charge on any atom is 0.121 e. The Morgan fingerprint density at radius 3 is 2.38 bits per heavy atom. The average molecular weight is 174 g/mol. The molecule has 0 aromatic heterocycles. The largest absolute Gasteiger partial charge is 0.301 e. The molecule has 0 spiro atoms. The van der Waals surface area contributed by atoms with Crippen LogP contribution in [0.1, 0.15) is 24.1 Å². The second-order valence-electron chi connectivity index (χ2n) is 2.95. The zero-order valence-electron chi connectivity index (χ0n) is 8.04. The number of nitrogens with one attached hydrogen (secondary N) is 1. The van der Waals surface area contributed by atoms with Crippen LogP contribution in [0.5, 0.6) is 0 Å². The van der Waals surface area contributed by atoms with Gasteiger partial charge in [0.25, 0.3) is 0 Å². The Morgan fingerprint density at radius 1 is 1.38 bits per heavy atom. The Kier molecular flexibility index (Phi) is 3.48. The predicted molar refractivity (Wildman–Crippen MR) is 53.2 cm³/mol. The van der Waals surface area contributed by atoms with Crippen molar-refractivity contribution in [2.75, 3.05) is 7.05 Å².